The molecule has 4 rings (SSSR count). The number of hydrogen-bond acceptors (Lipinski definition) is 0. The Hall–Kier alpha value is -0.0431. The highest BCUT2D eigenvalue weighted by Crippen LogP contribution is 2.82. The van der Waals surface area contributed by atoms with Crippen molar-refractivity contribution in [3.8, 4) is 0 Å². The second kappa shape index (κ2) is 3.53. The standard InChI is InChI=1S/C17H28Si/c1-18(2,3)11-10-17-14-8-9-15(17)16(17)13-7-5-4-6-12(13)14/h8-9,12-16H,4-7,10-11H2,1-3H3/t12?,13?,14?,15?,16?,17-/m1/s1. The third-order valence-corrected chi connectivity index (χ3v) is 8.52. The molecule has 0 bridgehead atoms. The van der Waals surface area contributed by atoms with Crippen molar-refractivity contribution in [2.45, 2.75) is 57.8 Å². The Labute approximate surface area is 113 Å². The zero-order valence-corrected chi connectivity index (χ0v) is 13.3. The molecule has 0 aliphatic heterocycles. The van der Waals surface area contributed by atoms with Crippen LogP contribution in [0.1, 0.15) is 32.1 Å². The second-order valence-electron chi connectivity index (χ2n) is 8.75. The van der Waals surface area contributed by atoms with Crippen LogP contribution in [0.15, 0.2) is 12.2 Å². The molecule has 1 heteroatoms. The van der Waals surface area contributed by atoms with Crippen molar-refractivity contribution in [3.05, 3.63) is 12.2 Å². The molecule has 0 aromatic carbocycles. The molecule has 3 saturated carbocycles. The molecule has 0 heterocycles. The first-order valence-electron chi connectivity index (χ1n) is 8.22. The largest absolute Gasteiger partial charge is 0.0842 e. The Kier molecular flexibility index (Phi) is 2.31. The van der Waals surface area contributed by atoms with Crippen LogP contribution in [0.4, 0.5) is 0 Å². The summed E-state index contributed by atoms with van der Waals surface area (Å²) in [5.74, 6) is 5.40. The quantitative estimate of drug-likeness (QED) is 0.497. The minimum atomic E-state index is -0.853. The molecule has 6 atom stereocenters. The smallest absolute Gasteiger partial charge is 0.0442 e. The van der Waals surface area contributed by atoms with Crippen molar-refractivity contribution in [1.82, 2.24) is 0 Å². The highest BCUT2D eigenvalue weighted by Gasteiger charge is 2.76. The topological polar surface area (TPSA) is 0 Å². The maximum Gasteiger partial charge on any atom is 0.0442 e. The minimum Gasteiger partial charge on any atom is -0.0842 e. The summed E-state index contributed by atoms with van der Waals surface area (Å²) in [6.45, 7) is 7.66. The molecule has 0 spiro atoms. The summed E-state index contributed by atoms with van der Waals surface area (Å²) < 4.78 is 0. The van der Waals surface area contributed by atoms with Gasteiger partial charge in [-0.15, -0.1) is 0 Å². The van der Waals surface area contributed by atoms with Crippen molar-refractivity contribution in [1.29, 1.82) is 0 Å². The molecule has 3 fully saturated rings. The number of allylic oxidation sites excluding steroid dienone is 2. The first-order chi connectivity index (χ1) is 8.54. The van der Waals surface area contributed by atoms with Gasteiger partial charge in [-0.05, 0) is 54.3 Å². The van der Waals surface area contributed by atoms with Crippen molar-refractivity contribution < 1.29 is 0 Å². The van der Waals surface area contributed by atoms with Gasteiger partial charge in [0.2, 0.25) is 0 Å². The fourth-order valence-corrected chi connectivity index (χ4v) is 7.24. The lowest BCUT2D eigenvalue weighted by Gasteiger charge is -2.32. The molecular weight excluding hydrogens is 232 g/mol. The maximum absolute atomic E-state index is 2.65. The fourth-order valence-electron chi connectivity index (χ4n) is 6.06. The molecule has 0 amide bonds. The number of hydrogen-bond donors (Lipinski definition) is 0. The molecule has 18 heavy (non-hydrogen) atoms. The molecule has 0 N–H and O–H groups in total. The Morgan fingerprint density at radius 3 is 2.39 bits per heavy atom. The molecule has 0 nitrogen and oxygen atoms in total. The molecule has 5 unspecified atom stereocenters. The molecule has 0 radical (unpaired) electrons. The van der Waals surface area contributed by atoms with Crippen LogP contribution >= 0.6 is 0 Å². The van der Waals surface area contributed by atoms with E-state index in [9.17, 15) is 0 Å². The predicted molar refractivity (Wildman–Crippen MR) is 80.3 cm³/mol. The van der Waals surface area contributed by atoms with E-state index in [1.807, 2.05) is 0 Å². The van der Waals surface area contributed by atoms with Gasteiger partial charge in [0.15, 0.2) is 0 Å². The van der Waals surface area contributed by atoms with Crippen molar-refractivity contribution in [3.63, 3.8) is 0 Å². The van der Waals surface area contributed by atoms with Gasteiger partial charge in [-0.25, -0.2) is 0 Å². The number of fused-ring (bicyclic) bond motifs is 4. The Morgan fingerprint density at radius 1 is 1.00 bits per heavy atom. The average molecular weight is 260 g/mol. The molecule has 0 aromatic rings. The normalized spacial score (nSPS) is 52.3. The zero-order valence-electron chi connectivity index (χ0n) is 12.3. The summed E-state index contributed by atoms with van der Waals surface area (Å²) in [5, 5.41) is 0. The third-order valence-electron chi connectivity index (χ3n) is 6.77. The summed E-state index contributed by atoms with van der Waals surface area (Å²) >= 11 is 0. The lowest BCUT2D eigenvalue weighted by Crippen LogP contribution is -2.26. The van der Waals surface area contributed by atoms with E-state index >= 15 is 0 Å². The maximum atomic E-state index is 2.65. The average Bonchev–Trinajstić information content (AvgIpc) is 2.75. The van der Waals surface area contributed by atoms with Gasteiger partial charge in [-0.1, -0.05) is 50.7 Å². The summed E-state index contributed by atoms with van der Waals surface area (Å²) in [7, 11) is -0.853. The van der Waals surface area contributed by atoms with E-state index in [2.05, 4.69) is 31.8 Å². The van der Waals surface area contributed by atoms with E-state index in [-0.39, 0.29) is 0 Å². The minimum absolute atomic E-state index is 0.806. The van der Waals surface area contributed by atoms with E-state index in [1.54, 1.807) is 25.3 Å². The van der Waals surface area contributed by atoms with Crippen LogP contribution in [0, 0.1) is 35.0 Å². The summed E-state index contributed by atoms with van der Waals surface area (Å²) in [6, 6.07) is 1.57. The van der Waals surface area contributed by atoms with Gasteiger partial charge in [0, 0.05) is 8.07 Å². The van der Waals surface area contributed by atoms with Crippen molar-refractivity contribution >= 4 is 8.07 Å². The van der Waals surface area contributed by atoms with Gasteiger partial charge in [0.25, 0.3) is 0 Å². The van der Waals surface area contributed by atoms with Crippen molar-refractivity contribution in [2.24, 2.45) is 35.0 Å². The SMILES string of the molecule is C[Si](C)(C)CC[C@@]12C3C=CC1C2C1CCCCC13. The summed E-state index contributed by atoms with van der Waals surface area (Å²) in [6.07, 6.45) is 13.0. The fraction of sp³-hybridized carbons (Fsp3) is 0.882. The van der Waals surface area contributed by atoms with Gasteiger partial charge in [-0.3, -0.25) is 0 Å². The molecule has 0 saturated heterocycles. The molecular formula is C17H28Si. The summed E-state index contributed by atoms with van der Waals surface area (Å²) in [4.78, 5) is 0. The second-order valence-corrected chi connectivity index (χ2v) is 14.4. The van der Waals surface area contributed by atoms with Crippen LogP contribution < -0.4 is 0 Å². The van der Waals surface area contributed by atoms with Gasteiger partial charge >= 0.3 is 0 Å². The van der Waals surface area contributed by atoms with Gasteiger partial charge in [0.1, 0.15) is 0 Å². The Morgan fingerprint density at radius 2 is 1.67 bits per heavy atom. The Bertz CT molecular complexity index is 391. The van der Waals surface area contributed by atoms with Gasteiger partial charge in [-0.2, -0.15) is 0 Å². The van der Waals surface area contributed by atoms with Crippen LogP contribution in [-0.2, 0) is 0 Å². The first-order valence-corrected chi connectivity index (χ1v) is 11.9. The van der Waals surface area contributed by atoms with E-state index in [0.29, 0.717) is 0 Å². The lowest BCUT2D eigenvalue weighted by molar-refractivity contribution is 0.195. The third kappa shape index (κ3) is 1.37. The van der Waals surface area contributed by atoms with E-state index in [0.717, 1.165) is 35.0 Å². The van der Waals surface area contributed by atoms with E-state index in [4.69, 9.17) is 0 Å². The monoisotopic (exact) mass is 260 g/mol. The summed E-state index contributed by atoms with van der Waals surface area (Å²) in [5.41, 5.74) is 0.806. The first kappa shape index (κ1) is 11.8. The van der Waals surface area contributed by atoms with Crippen LogP contribution in [-0.4, -0.2) is 8.07 Å². The van der Waals surface area contributed by atoms with E-state index < -0.39 is 8.07 Å². The van der Waals surface area contributed by atoms with Crippen LogP contribution in [0.2, 0.25) is 25.7 Å². The van der Waals surface area contributed by atoms with Crippen LogP contribution in [0.25, 0.3) is 0 Å². The molecule has 100 valence electrons. The zero-order chi connectivity index (χ0) is 12.5. The molecule has 0 aromatic heterocycles. The van der Waals surface area contributed by atoms with Crippen LogP contribution in [0.5, 0.6) is 0 Å². The van der Waals surface area contributed by atoms with E-state index in [1.165, 1.54) is 12.8 Å². The lowest BCUT2D eigenvalue weighted by atomic mass is 9.73. The predicted octanol–water partition coefficient (Wildman–Crippen LogP) is 4.95. The number of rotatable bonds is 3. The Balaban J connectivity index is 1.57. The van der Waals surface area contributed by atoms with Crippen LogP contribution in [0.3, 0.4) is 0 Å². The highest BCUT2D eigenvalue weighted by molar-refractivity contribution is 6.76. The van der Waals surface area contributed by atoms with Gasteiger partial charge < -0.3 is 0 Å². The molecule has 4 aliphatic carbocycles. The molecule has 4 aliphatic rings. The van der Waals surface area contributed by atoms with Crippen molar-refractivity contribution in [2.75, 3.05) is 0 Å². The van der Waals surface area contributed by atoms with Gasteiger partial charge in [0.05, 0.1) is 0 Å². The highest BCUT2D eigenvalue weighted by atomic mass is 28.3.